The second kappa shape index (κ2) is 11.6. The number of anilines is 1. The predicted octanol–water partition coefficient (Wildman–Crippen LogP) is 7.13. The summed E-state index contributed by atoms with van der Waals surface area (Å²) in [6.07, 6.45) is 10.6. The minimum Gasteiger partial charge on any atom is -0.335 e. The highest BCUT2D eigenvalue weighted by Gasteiger charge is 2.35. The van der Waals surface area contributed by atoms with Crippen LogP contribution in [-0.4, -0.2) is 38.6 Å². The number of allylic oxidation sites excluding steroid dienone is 1. The minimum absolute atomic E-state index is 0.103. The van der Waals surface area contributed by atoms with Crippen LogP contribution in [0.25, 0.3) is 11.6 Å². The molecule has 3 heterocycles. The molecule has 6 rings (SSSR count). The molecule has 1 aliphatic carbocycles. The number of amides is 2. The molecule has 41 heavy (non-hydrogen) atoms. The number of likely N-dealkylation sites (tertiary alicyclic amines) is 1. The summed E-state index contributed by atoms with van der Waals surface area (Å²) < 4.78 is 2.18. The third kappa shape index (κ3) is 5.61. The number of halogens is 1. The van der Waals surface area contributed by atoms with Crippen LogP contribution in [0.1, 0.15) is 59.0 Å². The van der Waals surface area contributed by atoms with Gasteiger partial charge in [-0.1, -0.05) is 23.7 Å². The fourth-order valence-corrected chi connectivity index (χ4v) is 6.31. The molecule has 0 spiro atoms. The fraction of sp³-hybridized carbons (Fsp3) is 0.273. The number of aryl methyl sites for hydroxylation is 2. The van der Waals surface area contributed by atoms with Gasteiger partial charge in [0.15, 0.2) is 0 Å². The van der Waals surface area contributed by atoms with E-state index in [0.29, 0.717) is 30.3 Å². The van der Waals surface area contributed by atoms with Gasteiger partial charge in [-0.15, -0.1) is 0 Å². The van der Waals surface area contributed by atoms with Gasteiger partial charge in [0.25, 0.3) is 0 Å². The quantitative estimate of drug-likeness (QED) is 0.280. The second-order valence-corrected chi connectivity index (χ2v) is 11.2. The van der Waals surface area contributed by atoms with E-state index in [1.54, 1.807) is 24.3 Å². The maximum Gasteiger partial charge on any atom is 0.321 e. The molecule has 8 heteroatoms. The average molecular weight is 563 g/mol. The molecule has 2 aromatic carbocycles. The highest BCUT2D eigenvalue weighted by atomic mass is 35.5. The number of fused-ring (bicyclic) bond motifs is 2. The Morgan fingerprint density at radius 2 is 1.90 bits per heavy atom. The van der Waals surface area contributed by atoms with E-state index in [1.165, 1.54) is 16.7 Å². The van der Waals surface area contributed by atoms with Crippen LogP contribution in [0.3, 0.4) is 0 Å². The Labute approximate surface area is 245 Å². The number of nitriles is 1. The van der Waals surface area contributed by atoms with Crippen molar-refractivity contribution >= 4 is 35.0 Å². The lowest BCUT2D eigenvalue weighted by atomic mass is 9.76. The predicted molar refractivity (Wildman–Crippen MR) is 161 cm³/mol. The van der Waals surface area contributed by atoms with Gasteiger partial charge in [0.2, 0.25) is 0 Å². The zero-order valence-corrected chi connectivity index (χ0v) is 23.7. The molecule has 1 unspecified atom stereocenters. The summed E-state index contributed by atoms with van der Waals surface area (Å²) in [5.74, 6) is 1.43. The molecule has 1 atom stereocenters. The van der Waals surface area contributed by atoms with Crippen LogP contribution in [0, 0.1) is 24.2 Å². The Balaban J connectivity index is 1.25. The molecule has 0 saturated carbocycles. The zero-order chi connectivity index (χ0) is 28.3. The van der Waals surface area contributed by atoms with Crippen LogP contribution in [0.5, 0.6) is 0 Å². The highest BCUT2D eigenvalue weighted by molar-refractivity contribution is 6.30. The molecule has 1 N–H and O–H groups in total. The Kier molecular flexibility index (Phi) is 7.58. The van der Waals surface area contributed by atoms with E-state index in [-0.39, 0.29) is 11.9 Å². The van der Waals surface area contributed by atoms with E-state index in [0.717, 1.165) is 47.9 Å². The Hall–Kier alpha value is -4.41. The molecule has 1 aliphatic heterocycles. The van der Waals surface area contributed by atoms with Crippen molar-refractivity contribution in [2.45, 2.75) is 38.6 Å². The van der Waals surface area contributed by atoms with Crippen LogP contribution < -0.4 is 5.32 Å². The first kappa shape index (κ1) is 26.8. The lowest BCUT2D eigenvalue weighted by molar-refractivity contribution is 0.177. The smallest absolute Gasteiger partial charge is 0.321 e. The number of piperidine rings is 1. The molecule has 2 aliphatic rings. The molecule has 0 radical (unpaired) electrons. The maximum atomic E-state index is 13.0. The first-order valence-corrected chi connectivity index (χ1v) is 14.4. The van der Waals surface area contributed by atoms with Gasteiger partial charge in [0, 0.05) is 54.9 Å². The minimum atomic E-state index is -0.113. The fourth-order valence-electron chi connectivity index (χ4n) is 6.13. The summed E-state index contributed by atoms with van der Waals surface area (Å²) >= 11 is 6.58. The number of imidazole rings is 1. The molecular formula is C33H31ClN6O. The van der Waals surface area contributed by atoms with Crippen molar-refractivity contribution in [1.82, 2.24) is 19.4 Å². The van der Waals surface area contributed by atoms with Crippen molar-refractivity contribution in [2.75, 3.05) is 18.4 Å². The Morgan fingerprint density at radius 3 is 2.63 bits per heavy atom. The number of benzene rings is 2. The monoisotopic (exact) mass is 562 g/mol. The summed E-state index contributed by atoms with van der Waals surface area (Å²) in [5.41, 5.74) is 7.16. The van der Waals surface area contributed by atoms with Crippen molar-refractivity contribution in [3.8, 4) is 6.07 Å². The molecule has 2 aromatic heterocycles. The van der Waals surface area contributed by atoms with Crippen molar-refractivity contribution in [3.05, 3.63) is 112 Å². The van der Waals surface area contributed by atoms with Crippen LogP contribution >= 0.6 is 11.6 Å². The van der Waals surface area contributed by atoms with Gasteiger partial charge in [0.1, 0.15) is 5.82 Å². The lowest BCUT2D eigenvalue weighted by Crippen LogP contribution is -2.42. The van der Waals surface area contributed by atoms with E-state index >= 15 is 0 Å². The van der Waals surface area contributed by atoms with Crippen molar-refractivity contribution in [3.63, 3.8) is 0 Å². The SMILES string of the molecule is Cc1nccn1CCC1=Cc2cccnc2C(C2CCN(C(=O)Nc3ccc(C#N)cc3)CC2)c2ccc(Cl)cc21. The molecule has 206 valence electrons. The van der Waals surface area contributed by atoms with Crippen LogP contribution in [0.2, 0.25) is 5.02 Å². The summed E-state index contributed by atoms with van der Waals surface area (Å²) in [5, 5.41) is 12.7. The summed E-state index contributed by atoms with van der Waals surface area (Å²) in [6, 6.07) is 19.4. The van der Waals surface area contributed by atoms with Crippen molar-refractivity contribution < 1.29 is 4.79 Å². The molecular weight excluding hydrogens is 532 g/mol. The summed E-state index contributed by atoms with van der Waals surface area (Å²) in [4.78, 5) is 24.2. The third-order valence-electron chi connectivity index (χ3n) is 8.30. The van der Waals surface area contributed by atoms with Crippen LogP contribution in [-0.2, 0) is 6.54 Å². The lowest BCUT2D eigenvalue weighted by Gasteiger charge is -2.36. The number of urea groups is 1. The normalized spacial score (nSPS) is 16.7. The van der Waals surface area contributed by atoms with E-state index in [2.05, 4.69) is 45.2 Å². The highest BCUT2D eigenvalue weighted by Crippen LogP contribution is 2.45. The number of carbonyl (C=O) groups excluding carboxylic acids is 1. The van der Waals surface area contributed by atoms with Crippen molar-refractivity contribution in [2.24, 2.45) is 5.92 Å². The van der Waals surface area contributed by atoms with E-state index < -0.39 is 0 Å². The summed E-state index contributed by atoms with van der Waals surface area (Å²) in [7, 11) is 0. The Bertz CT molecular complexity index is 1640. The summed E-state index contributed by atoms with van der Waals surface area (Å²) in [6.45, 7) is 4.18. The average Bonchev–Trinajstić information content (AvgIpc) is 3.35. The number of pyridine rings is 1. The molecule has 2 amide bonds. The first-order valence-electron chi connectivity index (χ1n) is 14.0. The van der Waals surface area contributed by atoms with Gasteiger partial charge < -0.3 is 14.8 Å². The van der Waals surface area contributed by atoms with Gasteiger partial charge in [-0.3, -0.25) is 4.98 Å². The Morgan fingerprint density at radius 1 is 1.10 bits per heavy atom. The van der Waals surface area contributed by atoms with Gasteiger partial charge in [-0.05, 0) is 103 Å². The van der Waals surface area contributed by atoms with Gasteiger partial charge in [-0.2, -0.15) is 5.26 Å². The molecule has 1 fully saturated rings. The number of nitrogens with zero attached hydrogens (tertiary/aromatic N) is 5. The molecule has 7 nitrogen and oxygen atoms in total. The number of rotatable bonds is 5. The van der Waals surface area contributed by atoms with Crippen LogP contribution in [0.4, 0.5) is 10.5 Å². The molecule has 1 saturated heterocycles. The number of nitrogens with one attached hydrogen (secondary N) is 1. The van der Waals surface area contributed by atoms with Crippen LogP contribution in [0.15, 0.2) is 73.2 Å². The second-order valence-electron chi connectivity index (χ2n) is 10.7. The van der Waals surface area contributed by atoms with Gasteiger partial charge >= 0.3 is 6.03 Å². The molecule has 0 bridgehead atoms. The standard InChI is InChI=1S/C33H31ClN6O/c1-22-36-14-18-39(22)15-12-25-19-26-3-2-13-37-32(26)31(29-9-6-27(34)20-30(25)29)24-10-16-40(17-11-24)33(41)38-28-7-4-23(21-35)5-8-28/h2-9,13-14,18-20,24,31H,10-12,15-17H2,1H3,(H,38,41). The van der Waals surface area contributed by atoms with E-state index in [1.807, 2.05) is 42.5 Å². The number of hydrogen-bond donors (Lipinski definition) is 1. The number of hydrogen-bond acceptors (Lipinski definition) is 4. The van der Waals surface area contributed by atoms with E-state index in [4.69, 9.17) is 21.8 Å². The largest absolute Gasteiger partial charge is 0.335 e. The van der Waals surface area contributed by atoms with E-state index in [9.17, 15) is 4.79 Å². The maximum absolute atomic E-state index is 13.0. The van der Waals surface area contributed by atoms with Gasteiger partial charge in [-0.25, -0.2) is 9.78 Å². The topological polar surface area (TPSA) is 86.8 Å². The number of aromatic nitrogens is 3. The van der Waals surface area contributed by atoms with Gasteiger partial charge in [0.05, 0.1) is 17.3 Å². The number of carbonyl (C=O) groups is 1. The third-order valence-corrected chi connectivity index (χ3v) is 8.54. The van der Waals surface area contributed by atoms with Crippen molar-refractivity contribution in [1.29, 1.82) is 5.26 Å². The zero-order valence-electron chi connectivity index (χ0n) is 22.9. The molecule has 4 aromatic rings. The first-order chi connectivity index (χ1) is 20.0.